The first-order valence-electron chi connectivity index (χ1n) is 9.91. The number of amides is 1. The number of nitrogens with one attached hydrogen (secondary N) is 1. The maximum absolute atomic E-state index is 12.0. The molecule has 9 nitrogen and oxygen atoms in total. The molecular formula is C23H21ClN4O5. The van der Waals surface area contributed by atoms with Crippen LogP contribution < -0.4 is 5.32 Å². The number of carbonyl (C=O) groups excluding carboxylic acids is 2. The Morgan fingerprint density at radius 1 is 1.18 bits per heavy atom. The highest BCUT2D eigenvalue weighted by molar-refractivity contribution is 6.31. The second-order valence-corrected chi connectivity index (χ2v) is 7.53. The SMILES string of the molecule is Cc1nn(Cc2ccccc2Cl)c(C)c1/C=C/C(=O)OCC(=O)Nc1ccc([N+](=O)[O-])cc1. The molecule has 0 aliphatic heterocycles. The van der Waals surface area contributed by atoms with Gasteiger partial charge in [-0.05, 0) is 43.7 Å². The van der Waals surface area contributed by atoms with Crippen LogP contribution in [0.25, 0.3) is 6.08 Å². The number of nitro benzene ring substituents is 1. The van der Waals surface area contributed by atoms with E-state index in [2.05, 4.69) is 10.4 Å². The van der Waals surface area contributed by atoms with Crippen LogP contribution in [0.4, 0.5) is 11.4 Å². The topological polar surface area (TPSA) is 116 Å². The Labute approximate surface area is 194 Å². The lowest BCUT2D eigenvalue weighted by Gasteiger charge is -2.06. The van der Waals surface area contributed by atoms with Crippen molar-refractivity contribution in [2.75, 3.05) is 11.9 Å². The van der Waals surface area contributed by atoms with Crippen LogP contribution in [0.15, 0.2) is 54.6 Å². The molecule has 10 heteroatoms. The van der Waals surface area contributed by atoms with Crippen molar-refractivity contribution in [1.82, 2.24) is 9.78 Å². The van der Waals surface area contributed by atoms with Crippen molar-refractivity contribution in [2.24, 2.45) is 0 Å². The van der Waals surface area contributed by atoms with Gasteiger partial charge in [0, 0.05) is 40.2 Å². The van der Waals surface area contributed by atoms with E-state index in [-0.39, 0.29) is 5.69 Å². The third kappa shape index (κ3) is 6.27. The average molecular weight is 469 g/mol. The summed E-state index contributed by atoms with van der Waals surface area (Å²) in [6, 6.07) is 12.8. The molecule has 0 unspecified atom stereocenters. The average Bonchev–Trinajstić information content (AvgIpc) is 3.05. The van der Waals surface area contributed by atoms with Crippen molar-refractivity contribution >= 4 is 40.9 Å². The minimum atomic E-state index is -0.688. The number of aryl methyl sites for hydroxylation is 1. The number of halogens is 1. The van der Waals surface area contributed by atoms with Crippen molar-refractivity contribution in [1.29, 1.82) is 0 Å². The Morgan fingerprint density at radius 2 is 1.88 bits per heavy atom. The molecule has 0 radical (unpaired) electrons. The Kier molecular flexibility index (Phi) is 7.57. The van der Waals surface area contributed by atoms with Gasteiger partial charge in [0.15, 0.2) is 6.61 Å². The van der Waals surface area contributed by atoms with Crippen LogP contribution >= 0.6 is 11.6 Å². The largest absolute Gasteiger partial charge is 0.452 e. The van der Waals surface area contributed by atoms with Crippen molar-refractivity contribution < 1.29 is 19.2 Å². The van der Waals surface area contributed by atoms with Crippen molar-refractivity contribution in [2.45, 2.75) is 20.4 Å². The fourth-order valence-corrected chi connectivity index (χ4v) is 3.29. The zero-order valence-corrected chi connectivity index (χ0v) is 18.7. The summed E-state index contributed by atoms with van der Waals surface area (Å²) in [7, 11) is 0. The summed E-state index contributed by atoms with van der Waals surface area (Å²) in [5.74, 6) is -1.25. The second-order valence-electron chi connectivity index (χ2n) is 7.13. The van der Waals surface area contributed by atoms with Crippen LogP contribution in [0.1, 0.15) is 22.5 Å². The third-order valence-corrected chi connectivity index (χ3v) is 5.18. The van der Waals surface area contributed by atoms with Gasteiger partial charge in [0.1, 0.15) is 0 Å². The molecule has 0 fully saturated rings. The molecule has 0 spiro atoms. The molecule has 1 aromatic heterocycles. The normalized spacial score (nSPS) is 10.9. The van der Waals surface area contributed by atoms with E-state index in [9.17, 15) is 19.7 Å². The highest BCUT2D eigenvalue weighted by Crippen LogP contribution is 2.20. The van der Waals surface area contributed by atoms with Gasteiger partial charge in [0.25, 0.3) is 11.6 Å². The summed E-state index contributed by atoms with van der Waals surface area (Å²) in [6.45, 7) is 3.72. The number of hydrogen-bond donors (Lipinski definition) is 1. The lowest BCUT2D eigenvalue weighted by Crippen LogP contribution is -2.20. The molecule has 0 bridgehead atoms. The van der Waals surface area contributed by atoms with Crippen molar-refractivity contribution in [3.8, 4) is 0 Å². The standard InChI is InChI=1S/C23H21ClN4O5/c1-15-20(16(2)27(26-15)13-17-5-3-4-6-21(17)24)11-12-23(30)33-14-22(29)25-18-7-9-19(10-8-18)28(31)32/h3-12H,13-14H2,1-2H3,(H,25,29)/b12-11+. The zero-order valence-electron chi connectivity index (χ0n) is 17.9. The number of ether oxygens (including phenoxy) is 1. The number of benzene rings is 2. The minimum absolute atomic E-state index is 0.0923. The number of non-ortho nitro benzene ring substituents is 1. The first-order chi connectivity index (χ1) is 15.7. The Balaban J connectivity index is 1.56. The lowest BCUT2D eigenvalue weighted by molar-refractivity contribution is -0.384. The summed E-state index contributed by atoms with van der Waals surface area (Å²) >= 11 is 6.23. The molecule has 1 N–H and O–H groups in total. The quantitative estimate of drug-likeness (QED) is 0.228. The van der Waals surface area contributed by atoms with Gasteiger partial charge in [-0.3, -0.25) is 19.6 Å². The molecule has 3 aromatic rings. The fourth-order valence-electron chi connectivity index (χ4n) is 3.09. The van der Waals surface area contributed by atoms with E-state index in [1.54, 1.807) is 10.8 Å². The van der Waals surface area contributed by atoms with Crippen LogP contribution in [0, 0.1) is 24.0 Å². The van der Waals surface area contributed by atoms with E-state index in [1.165, 1.54) is 30.3 Å². The molecule has 0 saturated heterocycles. The molecular weight excluding hydrogens is 448 g/mol. The number of esters is 1. The molecule has 170 valence electrons. The predicted octanol–water partition coefficient (Wildman–Crippen LogP) is 4.30. The van der Waals surface area contributed by atoms with E-state index in [0.717, 1.165) is 22.5 Å². The van der Waals surface area contributed by atoms with Gasteiger partial charge in [-0.15, -0.1) is 0 Å². The van der Waals surface area contributed by atoms with Crippen molar-refractivity contribution in [3.63, 3.8) is 0 Å². The van der Waals surface area contributed by atoms with E-state index < -0.39 is 23.4 Å². The second kappa shape index (κ2) is 10.6. The van der Waals surface area contributed by atoms with Gasteiger partial charge in [-0.2, -0.15) is 5.10 Å². The number of rotatable bonds is 8. The molecule has 0 saturated carbocycles. The number of anilines is 1. The lowest BCUT2D eigenvalue weighted by atomic mass is 10.1. The molecule has 0 atom stereocenters. The van der Waals surface area contributed by atoms with Gasteiger partial charge in [0.2, 0.25) is 0 Å². The van der Waals surface area contributed by atoms with Crippen molar-refractivity contribution in [3.05, 3.63) is 92.3 Å². The molecule has 33 heavy (non-hydrogen) atoms. The van der Waals surface area contributed by atoms with E-state index in [0.29, 0.717) is 17.3 Å². The van der Waals surface area contributed by atoms with E-state index in [1.807, 2.05) is 38.1 Å². The van der Waals surface area contributed by atoms with Crippen LogP contribution in [-0.2, 0) is 20.9 Å². The summed E-state index contributed by atoms with van der Waals surface area (Å²) in [5.41, 5.74) is 3.56. The van der Waals surface area contributed by atoms with Gasteiger partial charge < -0.3 is 10.1 Å². The summed E-state index contributed by atoms with van der Waals surface area (Å²) in [4.78, 5) is 34.1. The Bertz CT molecular complexity index is 1220. The maximum Gasteiger partial charge on any atom is 0.331 e. The number of nitro groups is 1. The van der Waals surface area contributed by atoms with Crippen LogP contribution in [0.5, 0.6) is 0 Å². The Hall–Kier alpha value is -3.98. The van der Waals surface area contributed by atoms with Gasteiger partial charge in [-0.1, -0.05) is 29.8 Å². The minimum Gasteiger partial charge on any atom is -0.452 e. The molecule has 2 aromatic carbocycles. The van der Waals surface area contributed by atoms with Crippen LogP contribution in [-0.4, -0.2) is 33.2 Å². The molecule has 0 aliphatic carbocycles. The highest BCUT2D eigenvalue weighted by atomic mass is 35.5. The van der Waals surface area contributed by atoms with Crippen LogP contribution in [0.3, 0.4) is 0 Å². The van der Waals surface area contributed by atoms with Gasteiger partial charge >= 0.3 is 5.97 Å². The molecule has 3 rings (SSSR count). The predicted molar refractivity (Wildman–Crippen MR) is 124 cm³/mol. The number of carbonyl (C=O) groups is 2. The summed E-state index contributed by atoms with van der Waals surface area (Å²) < 4.78 is 6.77. The smallest absolute Gasteiger partial charge is 0.331 e. The van der Waals surface area contributed by atoms with E-state index in [4.69, 9.17) is 16.3 Å². The number of nitrogens with zero attached hydrogens (tertiary/aromatic N) is 3. The number of aromatic nitrogens is 2. The first kappa shape index (κ1) is 23.7. The van der Waals surface area contributed by atoms with Gasteiger partial charge in [-0.25, -0.2) is 4.79 Å². The summed E-state index contributed by atoms with van der Waals surface area (Å²) in [5, 5.41) is 18.3. The molecule has 1 amide bonds. The van der Waals surface area contributed by atoms with E-state index >= 15 is 0 Å². The Morgan fingerprint density at radius 3 is 2.55 bits per heavy atom. The molecule has 0 aliphatic rings. The molecule has 1 heterocycles. The monoisotopic (exact) mass is 468 g/mol. The summed E-state index contributed by atoms with van der Waals surface area (Å²) in [6.07, 6.45) is 2.83. The zero-order chi connectivity index (χ0) is 24.0. The highest BCUT2D eigenvalue weighted by Gasteiger charge is 2.12. The fraction of sp³-hybridized carbons (Fsp3) is 0.174. The first-order valence-corrected chi connectivity index (χ1v) is 10.3. The van der Waals surface area contributed by atoms with Gasteiger partial charge in [0.05, 0.1) is 17.2 Å². The number of hydrogen-bond acceptors (Lipinski definition) is 6. The van der Waals surface area contributed by atoms with Crippen LogP contribution in [0.2, 0.25) is 5.02 Å². The maximum atomic E-state index is 12.0. The third-order valence-electron chi connectivity index (χ3n) is 4.81.